The van der Waals surface area contributed by atoms with Crippen molar-refractivity contribution in [2.75, 3.05) is 6.54 Å². The Labute approximate surface area is 163 Å². The van der Waals surface area contributed by atoms with E-state index in [9.17, 15) is 4.79 Å². The van der Waals surface area contributed by atoms with E-state index in [-0.39, 0.29) is 5.91 Å². The Bertz CT molecular complexity index is 763. The highest BCUT2D eigenvalue weighted by Crippen LogP contribution is 2.61. The molecular formula is C21H27N3O2S. The lowest BCUT2D eigenvalue weighted by Crippen LogP contribution is -2.47. The third-order valence-electron chi connectivity index (χ3n) is 6.94. The van der Waals surface area contributed by atoms with Gasteiger partial charge in [0.2, 0.25) is 17.7 Å². The zero-order valence-corrected chi connectivity index (χ0v) is 16.5. The Morgan fingerprint density at radius 1 is 1.19 bits per heavy atom. The second-order valence-corrected chi connectivity index (χ2v) is 9.81. The first-order valence-corrected chi connectivity index (χ1v) is 11.2. The van der Waals surface area contributed by atoms with E-state index in [0.717, 1.165) is 36.3 Å². The van der Waals surface area contributed by atoms with Gasteiger partial charge in [0, 0.05) is 30.3 Å². The molecule has 0 radical (unpaired) electrons. The first-order chi connectivity index (χ1) is 13.2. The van der Waals surface area contributed by atoms with Crippen molar-refractivity contribution in [2.45, 2.75) is 57.8 Å². The van der Waals surface area contributed by atoms with Gasteiger partial charge in [0.05, 0.1) is 0 Å². The lowest BCUT2D eigenvalue weighted by molar-refractivity contribution is -0.121. The number of rotatable bonds is 7. The minimum Gasteiger partial charge on any atom is -0.421 e. The molecule has 6 heteroatoms. The summed E-state index contributed by atoms with van der Waals surface area (Å²) in [5.74, 6) is 4.08. The predicted molar refractivity (Wildman–Crippen MR) is 104 cm³/mol. The topological polar surface area (TPSA) is 68.0 Å². The number of nitrogens with zero attached hydrogens (tertiary/aromatic N) is 2. The van der Waals surface area contributed by atoms with Crippen molar-refractivity contribution in [3.05, 3.63) is 22.7 Å². The summed E-state index contributed by atoms with van der Waals surface area (Å²) in [5, 5.41) is 15.2. The van der Waals surface area contributed by atoms with E-state index in [1.54, 1.807) is 11.3 Å². The molecule has 4 bridgehead atoms. The summed E-state index contributed by atoms with van der Waals surface area (Å²) in [6.07, 6.45) is 10.7. The molecule has 0 saturated heterocycles. The van der Waals surface area contributed by atoms with Gasteiger partial charge in [-0.25, -0.2) is 0 Å². The molecule has 0 aromatic carbocycles. The fourth-order valence-corrected chi connectivity index (χ4v) is 6.86. The molecule has 0 atom stereocenters. The smallest absolute Gasteiger partial charge is 0.248 e. The number of thiophene rings is 1. The fraction of sp³-hybridized carbons (Fsp3) is 0.667. The molecule has 2 aromatic rings. The summed E-state index contributed by atoms with van der Waals surface area (Å²) in [6, 6.07) is 1.96. The van der Waals surface area contributed by atoms with Crippen LogP contribution in [0.2, 0.25) is 0 Å². The van der Waals surface area contributed by atoms with Gasteiger partial charge in [-0.2, -0.15) is 11.3 Å². The monoisotopic (exact) mass is 385 g/mol. The quantitative estimate of drug-likeness (QED) is 0.764. The molecule has 5 nitrogen and oxygen atoms in total. The number of hydrogen-bond acceptors (Lipinski definition) is 5. The van der Waals surface area contributed by atoms with Crippen LogP contribution in [0.4, 0.5) is 0 Å². The van der Waals surface area contributed by atoms with E-state index in [4.69, 9.17) is 4.42 Å². The van der Waals surface area contributed by atoms with E-state index >= 15 is 0 Å². The number of amides is 1. The van der Waals surface area contributed by atoms with Crippen LogP contribution in [0, 0.1) is 23.2 Å². The standard InChI is InChI=1S/C21H27N3O2S/c25-18(1-2-19-23-24-20(26-19)17-3-6-27-13-17)22-5-4-21-10-14-7-15(11-21)9-16(8-14)12-21/h3,6,13-16H,1-2,4-5,7-12H2,(H,22,25). The summed E-state index contributed by atoms with van der Waals surface area (Å²) >= 11 is 1.60. The molecule has 0 spiro atoms. The van der Waals surface area contributed by atoms with Crippen LogP contribution in [-0.4, -0.2) is 22.6 Å². The highest BCUT2D eigenvalue weighted by molar-refractivity contribution is 7.08. The maximum atomic E-state index is 12.2. The maximum absolute atomic E-state index is 12.2. The van der Waals surface area contributed by atoms with E-state index in [1.807, 2.05) is 16.8 Å². The second-order valence-electron chi connectivity index (χ2n) is 9.03. The Hall–Kier alpha value is -1.69. The summed E-state index contributed by atoms with van der Waals surface area (Å²) in [4.78, 5) is 12.2. The summed E-state index contributed by atoms with van der Waals surface area (Å²) in [6.45, 7) is 0.814. The van der Waals surface area contributed by atoms with Crippen LogP contribution in [-0.2, 0) is 11.2 Å². The Balaban J connectivity index is 1.07. The van der Waals surface area contributed by atoms with Gasteiger partial charge in [-0.05, 0) is 79.6 Å². The molecule has 4 saturated carbocycles. The average Bonchev–Trinajstić information content (AvgIpc) is 3.30. The molecule has 1 N–H and O–H groups in total. The molecule has 27 heavy (non-hydrogen) atoms. The normalized spacial score (nSPS) is 31.3. The maximum Gasteiger partial charge on any atom is 0.248 e. The number of carbonyl (C=O) groups excluding carboxylic acids is 1. The van der Waals surface area contributed by atoms with Crippen LogP contribution in [0.3, 0.4) is 0 Å². The molecule has 2 aromatic heterocycles. The summed E-state index contributed by atoms with van der Waals surface area (Å²) in [7, 11) is 0. The minimum atomic E-state index is 0.0926. The molecule has 4 aliphatic rings. The Kier molecular flexibility index (Phi) is 4.54. The van der Waals surface area contributed by atoms with E-state index in [0.29, 0.717) is 30.0 Å². The second kappa shape index (κ2) is 7.04. The third kappa shape index (κ3) is 3.68. The molecule has 2 heterocycles. The van der Waals surface area contributed by atoms with E-state index in [2.05, 4.69) is 15.5 Å². The minimum absolute atomic E-state index is 0.0926. The van der Waals surface area contributed by atoms with Crippen LogP contribution in [0.25, 0.3) is 11.5 Å². The SMILES string of the molecule is O=C(CCc1nnc(-c2ccsc2)o1)NCCC12CC3CC(CC(C3)C1)C2. The first kappa shape index (κ1) is 17.4. The molecule has 1 amide bonds. The van der Waals surface area contributed by atoms with Gasteiger partial charge in [-0.15, -0.1) is 10.2 Å². The predicted octanol–water partition coefficient (Wildman–Crippen LogP) is 4.45. The van der Waals surface area contributed by atoms with Crippen LogP contribution in [0.15, 0.2) is 21.2 Å². The van der Waals surface area contributed by atoms with Crippen molar-refractivity contribution in [1.82, 2.24) is 15.5 Å². The van der Waals surface area contributed by atoms with Crippen LogP contribution >= 0.6 is 11.3 Å². The molecule has 4 aliphatic carbocycles. The number of nitrogens with one attached hydrogen (secondary N) is 1. The van der Waals surface area contributed by atoms with Crippen molar-refractivity contribution < 1.29 is 9.21 Å². The van der Waals surface area contributed by atoms with Gasteiger partial charge in [0.1, 0.15) is 0 Å². The van der Waals surface area contributed by atoms with E-state index in [1.165, 1.54) is 38.5 Å². The van der Waals surface area contributed by atoms with Crippen molar-refractivity contribution >= 4 is 17.2 Å². The lowest BCUT2D eigenvalue weighted by Gasteiger charge is -2.57. The molecule has 144 valence electrons. The highest BCUT2D eigenvalue weighted by atomic mass is 32.1. The average molecular weight is 386 g/mol. The third-order valence-corrected chi connectivity index (χ3v) is 7.63. The van der Waals surface area contributed by atoms with Gasteiger partial charge in [-0.1, -0.05) is 0 Å². The Morgan fingerprint density at radius 2 is 1.93 bits per heavy atom. The van der Waals surface area contributed by atoms with Gasteiger partial charge in [-0.3, -0.25) is 4.79 Å². The van der Waals surface area contributed by atoms with Gasteiger partial charge < -0.3 is 9.73 Å². The van der Waals surface area contributed by atoms with Crippen LogP contribution in [0.5, 0.6) is 0 Å². The fourth-order valence-electron chi connectivity index (χ4n) is 6.23. The van der Waals surface area contributed by atoms with Crippen LogP contribution in [0.1, 0.15) is 57.3 Å². The molecular weight excluding hydrogens is 358 g/mol. The zero-order valence-electron chi connectivity index (χ0n) is 15.7. The first-order valence-electron chi connectivity index (χ1n) is 10.3. The van der Waals surface area contributed by atoms with E-state index < -0.39 is 0 Å². The van der Waals surface area contributed by atoms with Gasteiger partial charge >= 0.3 is 0 Å². The van der Waals surface area contributed by atoms with Crippen molar-refractivity contribution in [1.29, 1.82) is 0 Å². The zero-order chi connectivity index (χ0) is 18.3. The van der Waals surface area contributed by atoms with Crippen molar-refractivity contribution in [3.8, 4) is 11.5 Å². The number of hydrogen-bond donors (Lipinski definition) is 1. The Morgan fingerprint density at radius 3 is 2.59 bits per heavy atom. The molecule has 0 aliphatic heterocycles. The van der Waals surface area contributed by atoms with Crippen molar-refractivity contribution in [3.63, 3.8) is 0 Å². The summed E-state index contributed by atoms with van der Waals surface area (Å²) < 4.78 is 5.65. The number of aryl methyl sites for hydroxylation is 1. The highest BCUT2D eigenvalue weighted by Gasteiger charge is 2.50. The molecule has 6 rings (SSSR count). The number of aromatic nitrogens is 2. The molecule has 4 fully saturated rings. The molecule has 0 unspecified atom stereocenters. The summed E-state index contributed by atoms with van der Waals surface area (Å²) in [5.41, 5.74) is 1.48. The van der Waals surface area contributed by atoms with Crippen LogP contribution < -0.4 is 5.32 Å². The lowest BCUT2D eigenvalue weighted by atomic mass is 9.49. The largest absolute Gasteiger partial charge is 0.421 e. The number of carbonyl (C=O) groups is 1. The van der Waals surface area contributed by atoms with Crippen molar-refractivity contribution in [2.24, 2.45) is 23.2 Å². The van der Waals surface area contributed by atoms with Gasteiger partial charge in [0.15, 0.2) is 0 Å². The van der Waals surface area contributed by atoms with Gasteiger partial charge in [0.25, 0.3) is 0 Å².